The van der Waals surface area contributed by atoms with E-state index in [2.05, 4.69) is 15.9 Å². The molecular formula is C13H14BrNO4. The first-order valence-corrected chi connectivity index (χ1v) is 6.68. The molecule has 1 atom stereocenters. The number of halogens is 1. The predicted octanol–water partition coefficient (Wildman–Crippen LogP) is 1.68. The second-order valence-electron chi connectivity index (χ2n) is 4.36. The van der Waals surface area contributed by atoms with Crippen LogP contribution in [-0.2, 0) is 9.53 Å². The Bertz CT molecular complexity index is 517. The molecular weight excluding hydrogens is 314 g/mol. The summed E-state index contributed by atoms with van der Waals surface area (Å²) in [7, 11) is 0. The zero-order valence-electron chi connectivity index (χ0n) is 10.4. The zero-order valence-corrected chi connectivity index (χ0v) is 12.0. The van der Waals surface area contributed by atoms with E-state index in [4.69, 9.17) is 9.84 Å². The van der Waals surface area contributed by atoms with Crippen LogP contribution in [-0.4, -0.2) is 47.7 Å². The highest BCUT2D eigenvalue weighted by molar-refractivity contribution is 9.10. The van der Waals surface area contributed by atoms with Crippen LogP contribution in [0.25, 0.3) is 0 Å². The number of carboxylic acids is 1. The Morgan fingerprint density at radius 1 is 1.47 bits per heavy atom. The number of hydrogen-bond donors (Lipinski definition) is 1. The first-order chi connectivity index (χ1) is 9.02. The van der Waals surface area contributed by atoms with Gasteiger partial charge < -0.3 is 14.7 Å². The number of ether oxygens (including phenoxy) is 1. The van der Waals surface area contributed by atoms with Gasteiger partial charge in [-0.3, -0.25) is 4.79 Å². The molecule has 1 saturated heterocycles. The van der Waals surface area contributed by atoms with Crippen LogP contribution in [0.15, 0.2) is 22.7 Å². The Kier molecular flexibility index (Phi) is 4.21. The molecule has 0 radical (unpaired) electrons. The molecule has 1 fully saturated rings. The van der Waals surface area contributed by atoms with E-state index < -0.39 is 12.0 Å². The topological polar surface area (TPSA) is 66.8 Å². The number of aliphatic carboxylic acids is 1. The number of nitrogens with zero attached hydrogens (tertiary/aromatic N) is 1. The normalized spacial score (nSPS) is 19.3. The molecule has 0 spiro atoms. The number of rotatable bonds is 2. The van der Waals surface area contributed by atoms with Crippen molar-refractivity contribution in [3.05, 3.63) is 33.8 Å². The number of carbonyl (C=O) groups excluding carboxylic acids is 1. The van der Waals surface area contributed by atoms with Gasteiger partial charge in [0.2, 0.25) is 0 Å². The minimum atomic E-state index is -1.04. The van der Waals surface area contributed by atoms with E-state index in [9.17, 15) is 9.59 Å². The third-order valence-electron chi connectivity index (χ3n) is 3.10. The van der Waals surface area contributed by atoms with Gasteiger partial charge in [0, 0.05) is 11.0 Å². The summed E-state index contributed by atoms with van der Waals surface area (Å²) in [4.78, 5) is 25.0. The van der Waals surface area contributed by atoms with Gasteiger partial charge in [-0.15, -0.1) is 0 Å². The first-order valence-electron chi connectivity index (χ1n) is 5.89. The number of morpholine rings is 1. The van der Waals surface area contributed by atoms with Crippen LogP contribution in [0.2, 0.25) is 0 Å². The molecule has 1 unspecified atom stereocenters. The molecule has 0 aromatic heterocycles. The van der Waals surface area contributed by atoms with Crippen LogP contribution < -0.4 is 0 Å². The van der Waals surface area contributed by atoms with Gasteiger partial charge in [0.05, 0.1) is 18.8 Å². The number of carbonyl (C=O) groups is 2. The van der Waals surface area contributed by atoms with Crippen molar-refractivity contribution in [1.82, 2.24) is 4.90 Å². The smallest absolute Gasteiger partial charge is 0.328 e. The van der Waals surface area contributed by atoms with E-state index in [1.165, 1.54) is 4.90 Å². The van der Waals surface area contributed by atoms with E-state index in [0.29, 0.717) is 16.6 Å². The van der Waals surface area contributed by atoms with Crippen LogP contribution in [0.5, 0.6) is 0 Å². The van der Waals surface area contributed by atoms with E-state index in [0.717, 1.165) is 5.56 Å². The lowest BCUT2D eigenvalue weighted by molar-refractivity contribution is -0.147. The van der Waals surface area contributed by atoms with Crippen molar-refractivity contribution in [3.8, 4) is 0 Å². The maximum atomic E-state index is 12.5. The molecule has 1 amide bonds. The fourth-order valence-electron chi connectivity index (χ4n) is 2.02. The van der Waals surface area contributed by atoms with Crippen molar-refractivity contribution in [2.24, 2.45) is 0 Å². The molecule has 1 aliphatic heterocycles. The van der Waals surface area contributed by atoms with Crippen molar-refractivity contribution in [1.29, 1.82) is 0 Å². The van der Waals surface area contributed by atoms with Gasteiger partial charge in [0.25, 0.3) is 5.91 Å². The maximum Gasteiger partial charge on any atom is 0.328 e. The number of carboxylic acid groups (broad SMARTS) is 1. The minimum Gasteiger partial charge on any atom is -0.480 e. The second-order valence-corrected chi connectivity index (χ2v) is 5.16. The molecule has 0 aliphatic carbocycles. The van der Waals surface area contributed by atoms with Gasteiger partial charge in [-0.05, 0) is 34.5 Å². The van der Waals surface area contributed by atoms with Crippen LogP contribution in [0.1, 0.15) is 15.9 Å². The third kappa shape index (κ3) is 2.79. The number of hydrogen-bond acceptors (Lipinski definition) is 3. The summed E-state index contributed by atoms with van der Waals surface area (Å²) in [6, 6.07) is 4.43. The highest BCUT2D eigenvalue weighted by Crippen LogP contribution is 2.24. The third-order valence-corrected chi connectivity index (χ3v) is 4.15. The van der Waals surface area contributed by atoms with Gasteiger partial charge in [0.15, 0.2) is 6.04 Å². The SMILES string of the molecule is Cc1cccc(C(=O)N2CCOCC2C(=O)O)c1Br. The summed E-state index contributed by atoms with van der Waals surface area (Å²) >= 11 is 3.38. The minimum absolute atomic E-state index is 0.0323. The molecule has 1 aromatic rings. The summed E-state index contributed by atoms with van der Waals surface area (Å²) in [5.41, 5.74) is 1.42. The zero-order chi connectivity index (χ0) is 14.0. The van der Waals surface area contributed by atoms with Crippen molar-refractivity contribution in [3.63, 3.8) is 0 Å². The lowest BCUT2D eigenvalue weighted by atomic mass is 10.1. The molecule has 19 heavy (non-hydrogen) atoms. The van der Waals surface area contributed by atoms with E-state index >= 15 is 0 Å². The Morgan fingerprint density at radius 2 is 2.21 bits per heavy atom. The van der Waals surface area contributed by atoms with Gasteiger partial charge in [-0.25, -0.2) is 4.79 Å². The molecule has 1 heterocycles. The molecule has 6 heteroatoms. The number of amides is 1. The fourth-order valence-corrected chi connectivity index (χ4v) is 2.45. The molecule has 1 N–H and O–H groups in total. The Labute approximate surface area is 119 Å². The Hall–Kier alpha value is -1.40. The lowest BCUT2D eigenvalue weighted by Gasteiger charge is -2.33. The van der Waals surface area contributed by atoms with Crippen LogP contribution >= 0.6 is 15.9 Å². The summed E-state index contributed by atoms with van der Waals surface area (Å²) in [6.07, 6.45) is 0. The highest BCUT2D eigenvalue weighted by Gasteiger charge is 2.33. The van der Waals surface area contributed by atoms with Crippen molar-refractivity contribution in [2.75, 3.05) is 19.8 Å². The largest absolute Gasteiger partial charge is 0.480 e. The van der Waals surface area contributed by atoms with E-state index in [-0.39, 0.29) is 19.1 Å². The summed E-state index contributed by atoms with van der Waals surface area (Å²) in [5, 5.41) is 9.14. The van der Waals surface area contributed by atoms with Crippen LogP contribution in [0.3, 0.4) is 0 Å². The van der Waals surface area contributed by atoms with Crippen LogP contribution in [0, 0.1) is 6.92 Å². The highest BCUT2D eigenvalue weighted by atomic mass is 79.9. The predicted molar refractivity (Wildman–Crippen MR) is 72.2 cm³/mol. The van der Waals surface area contributed by atoms with Gasteiger partial charge >= 0.3 is 5.97 Å². The summed E-state index contributed by atoms with van der Waals surface area (Å²) < 4.78 is 5.83. The molecule has 0 bridgehead atoms. The fraction of sp³-hybridized carbons (Fsp3) is 0.385. The quantitative estimate of drug-likeness (QED) is 0.897. The average molecular weight is 328 g/mol. The maximum absolute atomic E-state index is 12.5. The van der Waals surface area contributed by atoms with Gasteiger partial charge in [0.1, 0.15) is 0 Å². The summed E-state index contributed by atoms with van der Waals surface area (Å²) in [5.74, 6) is -1.33. The second kappa shape index (κ2) is 5.71. The Morgan fingerprint density at radius 3 is 2.89 bits per heavy atom. The van der Waals surface area contributed by atoms with Crippen molar-refractivity contribution >= 4 is 27.8 Å². The average Bonchev–Trinajstić information content (AvgIpc) is 2.41. The van der Waals surface area contributed by atoms with E-state index in [1.54, 1.807) is 12.1 Å². The molecule has 1 aromatic carbocycles. The first kappa shape index (κ1) is 14.0. The lowest BCUT2D eigenvalue weighted by Crippen LogP contribution is -2.52. The van der Waals surface area contributed by atoms with Crippen molar-refractivity contribution in [2.45, 2.75) is 13.0 Å². The number of aryl methyl sites for hydroxylation is 1. The Balaban J connectivity index is 2.31. The molecule has 5 nitrogen and oxygen atoms in total. The standard InChI is InChI=1S/C13H14BrNO4/c1-8-3-2-4-9(11(8)14)12(16)15-5-6-19-7-10(15)13(17)18/h2-4,10H,5-7H2,1H3,(H,17,18). The molecule has 102 valence electrons. The van der Waals surface area contributed by atoms with Crippen molar-refractivity contribution < 1.29 is 19.4 Å². The number of benzene rings is 1. The van der Waals surface area contributed by atoms with Gasteiger partial charge in [-0.1, -0.05) is 12.1 Å². The molecule has 2 rings (SSSR count). The summed E-state index contributed by atoms with van der Waals surface area (Å²) in [6.45, 7) is 2.56. The van der Waals surface area contributed by atoms with E-state index in [1.807, 2.05) is 13.0 Å². The van der Waals surface area contributed by atoms with Crippen LogP contribution in [0.4, 0.5) is 0 Å². The monoisotopic (exact) mass is 327 g/mol. The molecule has 0 saturated carbocycles. The van der Waals surface area contributed by atoms with Gasteiger partial charge in [-0.2, -0.15) is 0 Å². The molecule has 1 aliphatic rings.